The van der Waals surface area contributed by atoms with Crippen molar-refractivity contribution in [2.75, 3.05) is 65.0 Å². The number of anilines is 1. The Hall–Kier alpha value is -3.98. The first-order chi connectivity index (χ1) is 18.6. The number of methoxy groups -OCH3 is 2. The number of aromatic nitrogens is 2. The van der Waals surface area contributed by atoms with Crippen LogP contribution in [0, 0.1) is 0 Å². The molecule has 9 heteroatoms. The molecule has 1 aromatic heterocycles. The van der Waals surface area contributed by atoms with Crippen LogP contribution in [-0.4, -0.2) is 91.9 Å². The standard InChI is InChI=1S/C29H35N5O4/c1-37-22-29(36)34(18-15-23-7-4-3-5-8-23)21-28(35)33-17-6-16-32(19-20-33)27-14-13-26(30-31-27)24-9-11-25(38-2)12-10-24/h3-5,7-14H,6,15-22H2,1-2H3. The van der Waals surface area contributed by atoms with Crippen molar-refractivity contribution in [1.82, 2.24) is 20.0 Å². The number of ether oxygens (including phenoxy) is 2. The molecule has 0 N–H and O–H groups in total. The number of rotatable bonds is 10. The second kappa shape index (κ2) is 13.5. The van der Waals surface area contributed by atoms with Crippen molar-refractivity contribution in [2.45, 2.75) is 12.8 Å². The molecule has 200 valence electrons. The first-order valence-corrected chi connectivity index (χ1v) is 12.9. The van der Waals surface area contributed by atoms with Gasteiger partial charge in [0.25, 0.3) is 0 Å². The molecule has 2 amide bonds. The van der Waals surface area contributed by atoms with Crippen LogP contribution in [0.2, 0.25) is 0 Å². The van der Waals surface area contributed by atoms with Crippen LogP contribution >= 0.6 is 0 Å². The molecule has 0 unspecified atom stereocenters. The normalized spacial score (nSPS) is 13.6. The largest absolute Gasteiger partial charge is 0.497 e. The highest BCUT2D eigenvalue weighted by Crippen LogP contribution is 2.22. The Morgan fingerprint density at radius 2 is 1.68 bits per heavy atom. The van der Waals surface area contributed by atoms with Crippen LogP contribution in [0.4, 0.5) is 5.82 Å². The third kappa shape index (κ3) is 7.29. The van der Waals surface area contributed by atoms with Crippen molar-refractivity contribution in [1.29, 1.82) is 0 Å². The van der Waals surface area contributed by atoms with Crippen molar-refractivity contribution in [3.63, 3.8) is 0 Å². The van der Waals surface area contributed by atoms with Crippen LogP contribution < -0.4 is 9.64 Å². The third-order valence-electron chi connectivity index (χ3n) is 6.67. The van der Waals surface area contributed by atoms with Crippen LogP contribution in [0.5, 0.6) is 5.75 Å². The molecule has 1 saturated heterocycles. The van der Waals surface area contributed by atoms with Crippen LogP contribution in [-0.2, 0) is 20.7 Å². The number of hydrogen-bond donors (Lipinski definition) is 0. The van der Waals surface area contributed by atoms with E-state index < -0.39 is 0 Å². The predicted octanol–water partition coefficient (Wildman–Crippen LogP) is 2.91. The maximum absolute atomic E-state index is 13.2. The molecule has 9 nitrogen and oxygen atoms in total. The topological polar surface area (TPSA) is 88.1 Å². The van der Waals surface area contributed by atoms with Crippen LogP contribution in [0.15, 0.2) is 66.7 Å². The molecule has 0 bridgehead atoms. The summed E-state index contributed by atoms with van der Waals surface area (Å²) in [4.78, 5) is 31.5. The summed E-state index contributed by atoms with van der Waals surface area (Å²) in [5, 5.41) is 8.87. The molecule has 3 aromatic rings. The Morgan fingerprint density at radius 3 is 2.37 bits per heavy atom. The summed E-state index contributed by atoms with van der Waals surface area (Å²) < 4.78 is 10.3. The van der Waals surface area contributed by atoms with E-state index in [0.717, 1.165) is 41.4 Å². The van der Waals surface area contributed by atoms with E-state index >= 15 is 0 Å². The first-order valence-electron chi connectivity index (χ1n) is 12.9. The van der Waals surface area contributed by atoms with Crippen molar-refractivity contribution < 1.29 is 19.1 Å². The lowest BCUT2D eigenvalue weighted by molar-refractivity contribution is -0.142. The molecule has 2 aromatic carbocycles. The van der Waals surface area contributed by atoms with E-state index in [2.05, 4.69) is 15.1 Å². The molecule has 0 aliphatic carbocycles. The van der Waals surface area contributed by atoms with Gasteiger partial charge in [-0.15, -0.1) is 10.2 Å². The van der Waals surface area contributed by atoms with Crippen LogP contribution in [0.25, 0.3) is 11.3 Å². The Balaban J connectivity index is 1.34. The summed E-state index contributed by atoms with van der Waals surface area (Å²) in [5.74, 6) is 1.35. The number of hydrogen-bond acceptors (Lipinski definition) is 7. The average Bonchev–Trinajstić information content (AvgIpc) is 3.22. The Kier molecular flexibility index (Phi) is 9.64. The second-order valence-electron chi connectivity index (χ2n) is 9.21. The summed E-state index contributed by atoms with van der Waals surface area (Å²) in [5.41, 5.74) is 2.89. The molecule has 0 saturated carbocycles. The summed E-state index contributed by atoms with van der Waals surface area (Å²) in [7, 11) is 3.13. The number of carbonyl (C=O) groups excluding carboxylic acids is 2. The number of nitrogens with zero attached hydrogens (tertiary/aromatic N) is 5. The zero-order chi connectivity index (χ0) is 26.7. The zero-order valence-corrected chi connectivity index (χ0v) is 22.1. The maximum Gasteiger partial charge on any atom is 0.249 e. The third-order valence-corrected chi connectivity index (χ3v) is 6.67. The quantitative estimate of drug-likeness (QED) is 0.409. The number of benzene rings is 2. The van der Waals surface area contributed by atoms with Crippen LogP contribution in [0.1, 0.15) is 12.0 Å². The minimum atomic E-state index is -0.180. The van der Waals surface area contributed by atoms with Gasteiger partial charge in [-0.3, -0.25) is 9.59 Å². The highest BCUT2D eigenvalue weighted by molar-refractivity contribution is 5.85. The van der Waals surface area contributed by atoms with Gasteiger partial charge in [-0.2, -0.15) is 0 Å². The lowest BCUT2D eigenvalue weighted by Gasteiger charge is -2.27. The molecule has 4 rings (SSSR count). The Morgan fingerprint density at radius 1 is 0.895 bits per heavy atom. The summed E-state index contributed by atoms with van der Waals surface area (Å²) in [6.45, 7) is 3.10. The maximum atomic E-state index is 13.2. The van der Waals surface area contributed by atoms with Crippen molar-refractivity contribution >= 4 is 17.6 Å². The molecule has 0 radical (unpaired) electrons. The summed E-state index contributed by atoms with van der Waals surface area (Å²) >= 11 is 0. The van der Waals surface area contributed by atoms with E-state index in [1.54, 1.807) is 12.0 Å². The molecule has 2 heterocycles. The van der Waals surface area contributed by atoms with Gasteiger partial charge in [0.1, 0.15) is 12.4 Å². The Labute approximate surface area is 224 Å². The van der Waals surface area contributed by atoms with E-state index in [9.17, 15) is 9.59 Å². The minimum absolute atomic E-state index is 0.0406. The fraction of sp³-hybridized carbons (Fsp3) is 0.379. The zero-order valence-electron chi connectivity index (χ0n) is 22.1. The average molecular weight is 518 g/mol. The first kappa shape index (κ1) is 27.1. The summed E-state index contributed by atoms with van der Waals surface area (Å²) in [6.07, 6.45) is 1.49. The van der Waals surface area contributed by atoms with Crippen molar-refractivity contribution in [2.24, 2.45) is 0 Å². The SMILES string of the molecule is COCC(=O)N(CCc1ccccc1)CC(=O)N1CCCN(c2ccc(-c3ccc(OC)cc3)nn2)CC1. The van der Waals surface area contributed by atoms with Gasteiger partial charge in [0.05, 0.1) is 19.3 Å². The van der Waals surface area contributed by atoms with E-state index in [1.165, 1.54) is 7.11 Å². The van der Waals surface area contributed by atoms with Gasteiger partial charge in [-0.05, 0) is 54.8 Å². The van der Waals surface area contributed by atoms with Gasteiger partial charge in [0.15, 0.2) is 5.82 Å². The lowest BCUT2D eigenvalue weighted by Crippen LogP contribution is -2.45. The molecule has 1 fully saturated rings. The summed E-state index contributed by atoms with van der Waals surface area (Å²) in [6, 6.07) is 21.6. The highest BCUT2D eigenvalue weighted by atomic mass is 16.5. The molecule has 0 atom stereocenters. The smallest absolute Gasteiger partial charge is 0.249 e. The molecular weight excluding hydrogens is 482 g/mol. The fourth-order valence-electron chi connectivity index (χ4n) is 4.48. The molecule has 0 spiro atoms. The van der Waals surface area contributed by atoms with E-state index in [-0.39, 0.29) is 25.0 Å². The Bertz CT molecular complexity index is 1170. The minimum Gasteiger partial charge on any atom is -0.497 e. The monoisotopic (exact) mass is 517 g/mol. The molecule has 38 heavy (non-hydrogen) atoms. The fourth-order valence-corrected chi connectivity index (χ4v) is 4.48. The van der Waals surface area contributed by atoms with Gasteiger partial charge in [0, 0.05) is 45.4 Å². The van der Waals surface area contributed by atoms with E-state index in [4.69, 9.17) is 9.47 Å². The van der Waals surface area contributed by atoms with Gasteiger partial charge in [-0.1, -0.05) is 30.3 Å². The van der Waals surface area contributed by atoms with Crippen LogP contribution in [0.3, 0.4) is 0 Å². The number of carbonyl (C=O) groups is 2. The lowest BCUT2D eigenvalue weighted by atomic mass is 10.1. The second-order valence-corrected chi connectivity index (χ2v) is 9.21. The van der Waals surface area contributed by atoms with Crippen molar-refractivity contribution in [3.8, 4) is 17.0 Å². The van der Waals surface area contributed by atoms with Gasteiger partial charge < -0.3 is 24.2 Å². The van der Waals surface area contributed by atoms with Crippen molar-refractivity contribution in [3.05, 3.63) is 72.3 Å². The molecular formula is C29H35N5O4. The predicted molar refractivity (Wildman–Crippen MR) is 146 cm³/mol. The molecule has 1 aliphatic heterocycles. The van der Waals surface area contributed by atoms with Gasteiger partial charge in [0.2, 0.25) is 11.8 Å². The number of amides is 2. The molecule has 1 aliphatic rings. The van der Waals surface area contributed by atoms with Gasteiger partial charge in [-0.25, -0.2) is 0 Å². The van der Waals surface area contributed by atoms with Gasteiger partial charge >= 0.3 is 0 Å². The van der Waals surface area contributed by atoms with E-state index in [0.29, 0.717) is 32.6 Å². The highest BCUT2D eigenvalue weighted by Gasteiger charge is 2.24. The van der Waals surface area contributed by atoms with E-state index in [1.807, 2.05) is 71.6 Å².